The number of aromatic nitrogens is 2. The summed E-state index contributed by atoms with van der Waals surface area (Å²) in [6, 6.07) is 17.8. The van der Waals surface area contributed by atoms with Crippen LogP contribution in [-0.2, 0) is 16.4 Å². The molecule has 0 saturated heterocycles. The van der Waals surface area contributed by atoms with E-state index >= 15 is 0 Å². The Morgan fingerprint density at radius 3 is 2.54 bits per heavy atom. The van der Waals surface area contributed by atoms with Crippen LogP contribution >= 0.6 is 23.2 Å². The Labute approximate surface area is 211 Å². The van der Waals surface area contributed by atoms with Crippen LogP contribution in [0.3, 0.4) is 0 Å². The van der Waals surface area contributed by atoms with Gasteiger partial charge < -0.3 is 4.42 Å². The molecule has 0 fully saturated rings. The van der Waals surface area contributed by atoms with Gasteiger partial charge in [-0.3, -0.25) is 14.4 Å². The highest BCUT2D eigenvalue weighted by Gasteiger charge is 2.29. The van der Waals surface area contributed by atoms with Crippen molar-refractivity contribution in [2.24, 2.45) is 0 Å². The zero-order valence-electron chi connectivity index (χ0n) is 18.1. The summed E-state index contributed by atoms with van der Waals surface area (Å²) in [6.07, 6.45) is 1.58. The molecule has 0 atom stereocenters. The van der Waals surface area contributed by atoms with E-state index in [0.717, 1.165) is 18.4 Å². The molecule has 2 heterocycles. The Balaban J connectivity index is 1.32. The fraction of sp³-hybridized carbons (Fsp3) is 0.125. The highest BCUT2D eigenvalue weighted by Crippen LogP contribution is 2.32. The maximum Gasteiger partial charge on any atom is 0.322 e. The number of anilines is 2. The maximum absolute atomic E-state index is 13.3. The van der Waals surface area contributed by atoms with Crippen LogP contribution in [0.2, 0.25) is 10.0 Å². The number of rotatable bonds is 5. The molecule has 0 bridgehead atoms. The van der Waals surface area contributed by atoms with Crippen molar-refractivity contribution in [2.75, 3.05) is 16.2 Å². The van der Waals surface area contributed by atoms with Gasteiger partial charge in [0.25, 0.3) is 21.8 Å². The lowest BCUT2D eigenvalue weighted by atomic mass is 10.0. The van der Waals surface area contributed by atoms with E-state index in [4.69, 9.17) is 27.6 Å². The van der Waals surface area contributed by atoms with Crippen LogP contribution in [0.15, 0.2) is 76.0 Å². The quantitative estimate of drug-likeness (QED) is 0.369. The molecule has 3 aromatic carbocycles. The second kappa shape index (κ2) is 9.33. The van der Waals surface area contributed by atoms with Crippen molar-refractivity contribution in [1.82, 2.24) is 10.2 Å². The third-order valence-corrected chi connectivity index (χ3v) is 7.95. The molecule has 1 aromatic heterocycles. The number of halogens is 2. The van der Waals surface area contributed by atoms with Gasteiger partial charge in [-0.1, -0.05) is 46.5 Å². The first-order valence-corrected chi connectivity index (χ1v) is 12.8. The lowest BCUT2D eigenvalue weighted by Crippen LogP contribution is -2.35. The van der Waals surface area contributed by atoms with Crippen molar-refractivity contribution in [3.05, 3.63) is 87.9 Å². The fourth-order valence-corrected chi connectivity index (χ4v) is 5.90. The molecule has 8 nitrogen and oxygen atoms in total. The molecule has 0 radical (unpaired) electrons. The van der Waals surface area contributed by atoms with Crippen molar-refractivity contribution < 1.29 is 17.6 Å². The molecule has 1 N–H and O–H groups in total. The molecule has 1 aliphatic rings. The first kappa shape index (κ1) is 23.3. The molecule has 0 unspecified atom stereocenters. The summed E-state index contributed by atoms with van der Waals surface area (Å²) in [4.78, 5) is 12.8. The Morgan fingerprint density at radius 1 is 1.00 bits per heavy atom. The highest BCUT2D eigenvalue weighted by molar-refractivity contribution is 7.92. The predicted molar refractivity (Wildman–Crippen MR) is 133 cm³/mol. The second-order valence-corrected chi connectivity index (χ2v) is 10.5. The van der Waals surface area contributed by atoms with E-state index in [9.17, 15) is 13.2 Å². The molecule has 178 valence electrons. The van der Waals surface area contributed by atoms with E-state index in [-0.39, 0.29) is 22.4 Å². The molecule has 0 spiro atoms. The molecule has 11 heteroatoms. The number of nitrogens with one attached hydrogen (secondary N) is 1. The Hall–Kier alpha value is -3.40. The number of aryl methyl sites for hydroxylation is 1. The Morgan fingerprint density at radius 2 is 1.77 bits per heavy atom. The molecule has 35 heavy (non-hydrogen) atoms. The molecule has 1 aliphatic heterocycles. The largest absolute Gasteiger partial charge is 0.403 e. The van der Waals surface area contributed by atoms with Crippen LogP contribution in [0.4, 0.5) is 11.7 Å². The lowest BCUT2D eigenvalue weighted by molar-refractivity contribution is 0.102. The monoisotopic (exact) mass is 528 g/mol. The van der Waals surface area contributed by atoms with E-state index in [0.29, 0.717) is 27.8 Å². The molecule has 1 amide bonds. The lowest BCUT2D eigenvalue weighted by Gasteiger charge is -2.30. The van der Waals surface area contributed by atoms with Crippen LogP contribution in [0.1, 0.15) is 22.3 Å². The Bertz CT molecular complexity index is 1520. The minimum atomic E-state index is -3.77. The van der Waals surface area contributed by atoms with Crippen LogP contribution in [0, 0.1) is 0 Å². The number of carbonyl (C=O) groups is 1. The third-order valence-electron chi connectivity index (χ3n) is 5.58. The first-order chi connectivity index (χ1) is 16.8. The van der Waals surface area contributed by atoms with Gasteiger partial charge in [0.15, 0.2) is 0 Å². The summed E-state index contributed by atoms with van der Waals surface area (Å²) in [6.45, 7) is 0.402. The Kier molecular flexibility index (Phi) is 6.22. The number of amides is 1. The van der Waals surface area contributed by atoms with E-state index in [2.05, 4.69) is 15.5 Å². The molecule has 4 aromatic rings. The summed E-state index contributed by atoms with van der Waals surface area (Å²) in [5, 5.41) is 11.0. The van der Waals surface area contributed by atoms with Gasteiger partial charge in [0, 0.05) is 17.1 Å². The van der Waals surface area contributed by atoms with Crippen molar-refractivity contribution in [3.63, 3.8) is 0 Å². The third kappa shape index (κ3) is 4.62. The van der Waals surface area contributed by atoms with Gasteiger partial charge in [0.1, 0.15) is 0 Å². The summed E-state index contributed by atoms with van der Waals surface area (Å²) in [5.74, 6) is -0.417. The molecular formula is C24H18Cl2N4O4S. The van der Waals surface area contributed by atoms with Gasteiger partial charge in [-0.2, -0.15) is 0 Å². The average Bonchev–Trinajstić information content (AvgIpc) is 3.31. The molecule has 5 rings (SSSR count). The SMILES string of the molecule is O=C(Nc1nnc(-c2ccc(Cl)cc2Cl)o1)c1ccc(S(=O)(=O)N2CCCc3ccccc32)cc1. The predicted octanol–water partition coefficient (Wildman–Crippen LogP) is 5.44. The number of sulfonamides is 1. The maximum atomic E-state index is 13.3. The number of nitrogens with zero attached hydrogens (tertiary/aromatic N) is 3. The molecule has 0 saturated carbocycles. The van der Waals surface area contributed by atoms with Gasteiger partial charge in [0.2, 0.25) is 0 Å². The van der Waals surface area contributed by atoms with Crippen molar-refractivity contribution >= 4 is 50.8 Å². The fourth-order valence-electron chi connectivity index (χ4n) is 3.87. The number of benzene rings is 3. The van der Waals surface area contributed by atoms with Crippen LogP contribution in [0.5, 0.6) is 0 Å². The normalized spacial score (nSPS) is 13.4. The minimum Gasteiger partial charge on any atom is -0.403 e. The smallest absolute Gasteiger partial charge is 0.322 e. The molecule has 0 aliphatic carbocycles. The number of para-hydroxylation sites is 1. The van der Waals surface area contributed by atoms with Gasteiger partial charge >= 0.3 is 6.01 Å². The van der Waals surface area contributed by atoms with Gasteiger partial charge in [-0.25, -0.2) is 8.42 Å². The standard InChI is InChI=1S/C24H18Cl2N4O4S/c25-17-9-12-19(20(26)14-17)23-28-29-24(34-23)27-22(31)16-7-10-18(11-8-16)35(32,33)30-13-3-5-15-4-1-2-6-21(15)30/h1-2,4,6-12,14H,3,5,13H2,(H,27,29,31). The van der Waals surface area contributed by atoms with Crippen LogP contribution in [-0.4, -0.2) is 31.1 Å². The minimum absolute atomic E-state index is 0.100. The second-order valence-electron chi connectivity index (χ2n) is 7.82. The molecular weight excluding hydrogens is 511 g/mol. The van der Waals surface area contributed by atoms with Gasteiger partial charge in [-0.05, 0) is 66.9 Å². The summed E-state index contributed by atoms with van der Waals surface area (Å²) in [7, 11) is -3.77. The number of hydrogen-bond acceptors (Lipinski definition) is 6. The van der Waals surface area contributed by atoms with E-state index < -0.39 is 15.9 Å². The van der Waals surface area contributed by atoms with E-state index in [1.165, 1.54) is 28.6 Å². The first-order valence-electron chi connectivity index (χ1n) is 10.6. The van der Waals surface area contributed by atoms with Crippen LogP contribution < -0.4 is 9.62 Å². The average molecular weight is 529 g/mol. The summed E-state index contributed by atoms with van der Waals surface area (Å²) >= 11 is 12.1. The topological polar surface area (TPSA) is 105 Å². The van der Waals surface area contributed by atoms with E-state index in [1.807, 2.05) is 24.3 Å². The van der Waals surface area contributed by atoms with E-state index in [1.54, 1.807) is 18.2 Å². The number of carbonyl (C=O) groups excluding carboxylic acids is 1. The number of fused-ring (bicyclic) bond motifs is 1. The van der Waals surface area contributed by atoms with Crippen LogP contribution in [0.25, 0.3) is 11.5 Å². The van der Waals surface area contributed by atoms with Crippen molar-refractivity contribution in [2.45, 2.75) is 17.7 Å². The van der Waals surface area contributed by atoms with Crippen molar-refractivity contribution in [1.29, 1.82) is 0 Å². The van der Waals surface area contributed by atoms with Gasteiger partial charge in [-0.15, -0.1) is 5.10 Å². The highest BCUT2D eigenvalue weighted by atomic mass is 35.5. The van der Waals surface area contributed by atoms with Gasteiger partial charge in [0.05, 0.1) is 21.2 Å². The number of hydrogen-bond donors (Lipinski definition) is 1. The summed E-state index contributed by atoms with van der Waals surface area (Å²) in [5.41, 5.74) is 2.39. The summed E-state index contributed by atoms with van der Waals surface area (Å²) < 4.78 is 33.5. The van der Waals surface area contributed by atoms with Crippen molar-refractivity contribution in [3.8, 4) is 11.5 Å². The zero-order valence-corrected chi connectivity index (χ0v) is 20.4. The zero-order chi connectivity index (χ0) is 24.6.